The van der Waals surface area contributed by atoms with Crippen molar-refractivity contribution in [2.24, 2.45) is 5.73 Å². The van der Waals surface area contributed by atoms with Gasteiger partial charge in [-0.3, -0.25) is 4.79 Å². The van der Waals surface area contributed by atoms with Gasteiger partial charge >= 0.3 is 0 Å². The number of benzene rings is 2. The highest BCUT2D eigenvalue weighted by atomic mass is 32.2. The normalized spacial score (nSPS) is 21.2. The molecule has 3 heterocycles. The van der Waals surface area contributed by atoms with Crippen molar-refractivity contribution in [3.63, 3.8) is 0 Å². The number of primary amides is 1. The second-order valence-electron chi connectivity index (χ2n) is 5.76. The maximum atomic E-state index is 12.6. The fraction of sp³-hybridized carbons (Fsp3) is 0.118. The number of hydrogen-bond donors (Lipinski definition) is 3. The van der Waals surface area contributed by atoms with Crippen LogP contribution in [0.3, 0.4) is 0 Å². The molecule has 3 aromatic rings. The summed E-state index contributed by atoms with van der Waals surface area (Å²) < 4.78 is 14.4. The van der Waals surface area contributed by atoms with Crippen molar-refractivity contribution in [2.45, 2.75) is 10.4 Å². The van der Waals surface area contributed by atoms with Crippen molar-refractivity contribution in [3.8, 4) is 11.5 Å². The van der Waals surface area contributed by atoms with Crippen molar-refractivity contribution >= 4 is 28.6 Å². The first-order chi connectivity index (χ1) is 11.7. The Morgan fingerprint density at radius 2 is 2.00 bits per heavy atom. The third kappa shape index (κ3) is 1.58. The predicted molar refractivity (Wildman–Crippen MR) is 89.8 cm³/mol. The number of hydrogen-bond acceptors (Lipinski definition) is 5. The Labute approximate surface area is 141 Å². The van der Waals surface area contributed by atoms with Crippen LogP contribution in [0.1, 0.15) is 11.1 Å². The van der Waals surface area contributed by atoms with Gasteiger partial charge in [0, 0.05) is 39.2 Å². The minimum Gasteiger partial charge on any atom is -0.454 e. The quantitative estimate of drug-likeness (QED) is 0.623. The first-order valence-electron chi connectivity index (χ1n) is 7.45. The maximum Gasteiger partial charge on any atom is 0.247 e. The average Bonchev–Trinajstić information content (AvgIpc) is 3.31. The molecule has 1 atom stereocenters. The first-order valence-corrected chi connectivity index (χ1v) is 8.26. The lowest BCUT2D eigenvalue weighted by molar-refractivity contribution is -0.122. The zero-order chi connectivity index (χ0) is 16.3. The molecule has 2 aromatic carbocycles. The molecule has 0 radical (unpaired) electrons. The van der Waals surface area contributed by atoms with Gasteiger partial charge < -0.3 is 20.2 Å². The number of nitrogens with two attached hydrogens (primary N) is 1. The molecule has 6 nitrogen and oxygen atoms in total. The van der Waals surface area contributed by atoms with Crippen molar-refractivity contribution < 1.29 is 14.3 Å². The van der Waals surface area contributed by atoms with E-state index >= 15 is 0 Å². The van der Waals surface area contributed by atoms with E-state index in [4.69, 9.17) is 15.2 Å². The van der Waals surface area contributed by atoms with Crippen LogP contribution in [0.15, 0.2) is 47.6 Å². The summed E-state index contributed by atoms with van der Waals surface area (Å²) >= 11 is 1.41. The molecular weight excluding hydrogens is 326 g/mol. The molecule has 0 saturated carbocycles. The van der Waals surface area contributed by atoms with Gasteiger partial charge in [0.1, 0.15) is 0 Å². The van der Waals surface area contributed by atoms with Crippen LogP contribution in [0.5, 0.6) is 11.5 Å². The summed E-state index contributed by atoms with van der Waals surface area (Å²) in [4.78, 5) is 16.7. The van der Waals surface area contributed by atoms with Crippen LogP contribution < -0.4 is 19.9 Å². The van der Waals surface area contributed by atoms with Crippen LogP contribution in [0.4, 0.5) is 0 Å². The Hall–Kier alpha value is -2.64. The maximum absolute atomic E-state index is 12.6. The Kier molecular flexibility index (Phi) is 2.69. The smallest absolute Gasteiger partial charge is 0.247 e. The highest BCUT2D eigenvalue weighted by Gasteiger charge is 2.48. The molecule has 2 aliphatic heterocycles. The monoisotopic (exact) mass is 339 g/mol. The van der Waals surface area contributed by atoms with Gasteiger partial charge in [0.15, 0.2) is 17.0 Å². The highest BCUT2D eigenvalue weighted by molar-refractivity contribution is 7.97. The van der Waals surface area contributed by atoms with E-state index in [0.29, 0.717) is 11.5 Å². The summed E-state index contributed by atoms with van der Waals surface area (Å²) in [5.41, 5.74) is 6.37. The van der Waals surface area contributed by atoms with E-state index in [1.54, 1.807) is 0 Å². The second-order valence-corrected chi connectivity index (χ2v) is 6.60. The van der Waals surface area contributed by atoms with E-state index in [2.05, 4.69) is 9.71 Å². The summed E-state index contributed by atoms with van der Waals surface area (Å²) in [7, 11) is 0. The van der Waals surface area contributed by atoms with Crippen LogP contribution in [0, 0.1) is 0 Å². The van der Waals surface area contributed by atoms with Crippen molar-refractivity contribution in [1.82, 2.24) is 9.71 Å². The lowest BCUT2D eigenvalue weighted by Crippen LogP contribution is -2.48. The van der Waals surface area contributed by atoms with E-state index in [9.17, 15) is 4.79 Å². The Morgan fingerprint density at radius 3 is 2.88 bits per heavy atom. The molecule has 5 rings (SSSR count). The number of fused-ring (bicyclic) bond motifs is 4. The van der Waals surface area contributed by atoms with Crippen LogP contribution in [-0.4, -0.2) is 17.7 Å². The van der Waals surface area contributed by atoms with Crippen LogP contribution in [-0.2, 0) is 10.3 Å². The topological polar surface area (TPSA) is 89.4 Å². The summed E-state index contributed by atoms with van der Waals surface area (Å²) in [6.07, 6.45) is 3.69. The molecule has 24 heavy (non-hydrogen) atoms. The molecule has 0 spiro atoms. The summed E-state index contributed by atoms with van der Waals surface area (Å²) in [5.74, 6) is 0.851. The van der Waals surface area contributed by atoms with Crippen LogP contribution in [0.25, 0.3) is 10.8 Å². The number of nitrogens with one attached hydrogen (secondary N) is 2. The number of rotatable bonds is 2. The number of amides is 1. The molecule has 0 saturated heterocycles. The highest BCUT2D eigenvalue weighted by Crippen LogP contribution is 2.49. The fourth-order valence-corrected chi connectivity index (χ4v) is 4.53. The van der Waals surface area contributed by atoms with Gasteiger partial charge in [-0.2, -0.15) is 0 Å². The van der Waals surface area contributed by atoms with E-state index in [0.717, 1.165) is 26.8 Å². The minimum absolute atomic E-state index is 0.168. The van der Waals surface area contributed by atoms with Gasteiger partial charge in [0.25, 0.3) is 0 Å². The Morgan fingerprint density at radius 1 is 1.17 bits per heavy atom. The van der Waals surface area contributed by atoms with Gasteiger partial charge in [-0.1, -0.05) is 18.2 Å². The summed E-state index contributed by atoms with van der Waals surface area (Å²) in [5, 5.41) is 1.75. The summed E-state index contributed by atoms with van der Waals surface area (Å²) in [6, 6.07) is 9.59. The van der Waals surface area contributed by atoms with Crippen molar-refractivity contribution in [2.75, 3.05) is 6.79 Å². The number of carbonyl (C=O) groups excluding carboxylic acids is 1. The average molecular weight is 339 g/mol. The molecule has 7 heteroatoms. The Balaban J connectivity index is 1.87. The van der Waals surface area contributed by atoms with Gasteiger partial charge in [-0.15, -0.1) is 0 Å². The van der Waals surface area contributed by atoms with Gasteiger partial charge in [0.05, 0.1) is 0 Å². The van der Waals surface area contributed by atoms with Gasteiger partial charge in [0.2, 0.25) is 12.7 Å². The molecule has 1 amide bonds. The van der Waals surface area contributed by atoms with Crippen molar-refractivity contribution in [3.05, 3.63) is 53.9 Å². The largest absolute Gasteiger partial charge is 0.454 e. The molecule has 0 fully saturated rings. The number of aromatic nitrogens is 1. The number of ether oxygens (including phenoxy) is 2. The molecule has 1 aromatic heterocycles. The second kappa shape index (κ2) is 4.68. The zero-order valence-corrected chi connectivity index (χ0v) is 13.3. The molecule has 4 N–H and O–H groups in total. The van der Waals surface area contributed by atoms with E-state index in [1.807, 2.05) is 42.7 Å². The molecule has 0 aliphatic carbocycles. The number of carbonyl (C=O) groups is 1. The minimum atomic E-state index is -1.12. The van der Waals surface area contributed by atoms with E-state index in [-0.39, 0.29) is 6.79 Å². The van der Waals surface area contributed by atoms with E-state index < -0.39 is 11.4 Å². The lowest BCUT2D eigenvalue weighted by atomic mass is 9.81. The number of aromatic amines is 1. The van der Waals surface area contributed by atoms with Gasteiger partial charge in [-0.05, 0) is 24.1 Å². The standard InChI is InChI=1S/C17H13N3O3S/c18-16(21)17(11-3-1-2-4-14(11)24-20-17)12-5-13-15(23-8-22-13)10-7-19-6-9(10)12/h1-7,19-20H,8H2,(H2,18,21). The fourth-order valence-electron chi connectivity index (χ4n) is 3.47. The zero-order valence-electron chi connectivity index (χ0n) is 12.5. The van der Waals surface area contributed by atoms with Gasteiger partial charge in [-0.25, -0.2) is 4.72 Å². The molecule has 120 valence electrons. The molecular formula is C17H13N3O3S. The number of H-pyrrole nitrogens is 1. The third-order valence-corrected chi connectivity index (χ3v) is 5.56. The third-order valence-electron chi connectivity index (χ3n) is 4.58. The van der Waals surface area contributed by atoms with Crippen molar-refractivity contribution in [1.29, 1.82) is 0 Å². The predicted octanol–water partition coefficient (Wildman–Crippen LogP) is 2.24. The SMILES string of the molecule is NC(=O)C1(c2cc3c(c4c[nH]cc24)OCO3)NSc2ccccc21. The van der Waals surface area contributed by atoms with Crippen LogP contribution in [0.2, 0.25) is 0 Å². The first kappa shape index (κ1) is 13.8. The Bertz CT molecular complexity index is 1000. The molecule has 0 bridgehead atoms. The summed E-state index contributed by atoms with van der Waals surface area (Å²) in [6.45, 7) is 0.168. The van der Waals surface area contributed by atoms with Crippen LogP contribution >= 0.6 is 11.9 Å². The van der Waals surface area contributed by atoms with E-state index in [1.165, 1.54) is 11.9 Å². The molecule has 1 unspecified atom stereocenters. The molecule has 2 aliphatic rings. The lowest BCUT2D eigenvalue weighted by Gasteiger charge is -2.28.